The van der Waals surface area contributed by atoms with E-state index < -0.39 is 5.97 Å². The molecule has 0 atom stereocenters. The predicted octanol–water partition coefficient (Wildman–Crippen LogP) is 5.17. The second-order valence-corrected chi connectivity index (χ2v) is 6.20. The zero-order valence-electron chi connectivity index (χ0n) is 12.7. The van der Waals surface area contributed by atoms with Crippen LogP contribution in [0.4, 0.5) is 5.69 Å². The second kappa shape index (κ2) is 7.55. The molecule has 3 aromatic rings. The van der Waals surface area contributed by atoms with Gasteiger partial charge in [0.05, 0.1) is 0 Å². The third kappa shape index (κ3) is 4.49. The summed E-state index contributed by atoms with van der Waals surface area (Å²) in [6.45, 7) is 0. The highest BCUT2D eigenvalue weighted by atomic mass is 79.9. The fourth-order valence-electron chi connectivity index (χ4n) is 1.99. The monoisotopic (exact) mass is 419 g/mol. The number of benzene rings is 2. The zero-order valence-corrected chi connectivity index (χ0v) is 15.0. The molecule has 126 valence electrons. The maximum absolute atomic E-state index is 12.2. The van der Waals surface area contributed by atoms with Gasteiger partial charge in [-0.2, -0.15) is 0 Å². The van der Waals surface area contributed by atoms with Crippen LogP contribution in [-0.2, 0) is 0 Å². The van der Waals surface area contributed by atoms with Crippen molar-refractivity contribution < 1.29 is 18.7 Å². The maximum Gasteiger partial charge on any atom is 0.379 e. The molecule has 1 aromatic heterocycles. The first kappa shape index (κ1) is 17.3. The van der Waals surface area contributed by atoms with Crippen molar-refractivity contribution in [2.24, 2.45) is 0 Å². The number of halogens is 2. The Bertz CT molecular complexity index is 904. The number of ether oxygens (including phenoxy) is 1. The first-order chi connectivity index (χ1) is 12.0. The molecule has 0 aliphatic heterocycles. The summed E-state index contributed by atoms with van der Waals surface area (Å²) in [7, 11) is 0. The van der Waals surface area contributed by atoms with Crippen LogP contribution in [0.3, 0.4) is 0 Å². The molecule has 0 saturated heterocycles. The molecule has 0 aliphatic carbocycles. The van der Waals surface area contributed by atoms with E-state index in [1.165, 1.54) is 18.2 Å². The highest BCUT2D eigenvalue weighted by Crippen LogP contribution is 2.19. The third-order valence-electron chi connectivity index (χ3n) is 3.20. The fraction of sp³-hybridized carbons (Fsp3) is 0. The standard InChI is InChI=1S/C18H11BrClNO4/c19-16-10-9-15(25-16)18(23)24-14-7-1-11(2-8-14)17(22)21-13-5-3-12(20)4-6-13/h1-10H,(H,21,22). The molecule has 5 nitrogen and oxygen atoms in total. The molecule has 1 heterocycles. The minimum absolute atomic E-state index is 0.0800. The van der Waals surface area contributed by atoms with Gasteiger partial charge >= 0.3 is 5.97 Å². The van der Waals surface area contributed by atoms with E-state index in [0.717, 1.165) is 0 Å². The Labute approximate surface area is 156 Å². The summed E-state index contributed by atoms with van der Waals surface area (Å²) in [5, 5.41) is 3.34. The number of hydrogen-bond acceptors (Lipinski definition) is 4. The van der Waals surface area contributed by atoms with Crippen molar-refractivity contribution in [3.05, 3.63) is 81.7 Å². The molecule has 1 N–H and O–H groups in total. The number of amides is 1. The normalized spacial score (nSPS) is 10.3. The van der Waals surface area contributed by atoms with E-state index in [0.29, 0.717) is 26.7 Å². The van der Waals surface area contributed by atoms with Gasteiger partial charge in [-0.3, -0.25) is 4.79 Å². The topological polar surface area (TPSA) is 68.5 Å². The summed E-state index contributed by atoms with van der Waals surface area (Å²) in [5.41, 5.74) is 1.06. The van der Waals surface area contributed by atoms with Gasteiger partial charge < -0.3 is 14.5 Å². The molecule has 2 aromatic carbocycles. The van der Waals surface area contributed by atoms with Gasteiger partial charge in [-0.15, -0.1) is 0 Å². The predicted molar refractivity (Wildman–Crippen MR) is 97.2 cm³/mol. The second-order valence-electron chi connectivity index (χ2n) is 4.98. The van der Waals surface area contributed by atoms with E-state index in [4.69, 9.17) is 20.8 Å². The highest BCUT2D eigenvalue weighted by molar-refractivity contribution is 9.10. The Morgan fingerprint density at radius 3 is 2.24 bits per heavy atom. The molecule has 0 radical (unpaired) electrons. The van der Waals surface area contributed by atoms with E-state index in [1.807, 2.05) is 0 Å². The van der Waals surface area contributed by atoms with Gasteiger partial charge in [0, 0.05) is 16.3 Å². The Morgan fingerprint density at radius 2 is 1.64 bits per heavy atom. The molecule has 0 unspecified atom stereocenters. The van der Waals surface area contributed by atoms with Crippen molar-refractivity contribution in [1.82, 2.24) is 0 Å². The first-order valence-corrected chi connectivity index (χ1v) is 8.33. The summed E-state index contributed by atoms with van der Waals surface area (Å²) < 4.78 is 10.7. The van der Waals surface area contributed by atoms with E-state index in [9.17, 15) is 9.59 Å². The van der Waals surface area contributed by atoms with E-state index in [2.05, 4.69) is 21.2 Å². The van der Waals surface area contributed by atoms with Crippen molar-refractivity contribution >= 4 is 45.1 Å². The summed E-state index contributed by atoms with van der Waals surface area (Å²) in [6.07, 6.45) is 0. The number of furan rings is 1. The molecule has 0 saturated carbocycles. The molecular formula is C18H11BrClNO4. The van der Waals surface area contributed by atoms with Crippen LogP contribution in [0.1, 0.15) is 20.9 Å². The summed E-state index contributed by atoms with van der Waals surface area (Å²) in [5.74, 6) is -0.517. The van der Waals surface area contributed by atoms with Crippen LogP contribution in [0.25, 0.3) is 0 Å². The zero-order chi connectivity index (χ0) is 17.8. The van der Waals surface area contributed by atoms with Crippen molar-refractivity contribution in [2.75, 3.05) is 5.32 Å². The maximum atomic E-state index is 12.2. The van der Waals surface area contributed by atoms with Gasteiger partial charge in [0.1, 0.15) is 5.75 Å². The SMILES string of the molecule is O=C(Nc1ccc(Cl)cc1)c1ccc(OC(=O)c2ccc(Br)o2)cc1. The lowest BCUT2D eigenvalue weighted by Crippen LogP contribution is -2.12. The number of esters is 1. The van der Waals surface area contributed by atoms with Crippen LogP contribution < -0.4 is 10.1 Å². The van der Waals surface area contributed by atoms with Crippen LogP contribution in [0, 0.1) is 0 Å². The van der Waals surface area contributed by atoms with Gasteiger partial charge in [-0.05, 0) is 76.6 Å². The smallest absolute Gasteiger partial charge is 0.379 e. The molecular weight excluding hydrogens is 410 g/mol. The summed E-state index contributed by atoms with van der Waals surface area (Å²) in [4.78, 5) is 24.1. The molecule has 0 aliphatic rings. The van der Waals surface area contributed by atoms with Gasteiger partial charge in [0.15, 0.2) is 4.67 Å². The molecule has 1 amide bonds. The largest absolute Gasteiger partial charge is 0.442 e. The summed E-state index contributed by atoms with van der Waals surface area (Å²) in [6, 6.07) is 16.1. The van der Waals surface area contributed by atoms with Crippen LogP contribution in [0.5, 0.6) is 5.75 Å². The van der Waals surface area contributed by atoms with Crippen LogP contribution >= 0.6 is 27.5 Å². The number of nitrogens with one attached hydrogen (secondary N) is 1. The number of carbonyl (C=O) groups is 2. The summed E-state index contributed by atoms with van der Waals surface area (Å²) >= 11 is 8.92. The van der Waals surface area contributed by atoms with E-state index in [-0.39, 0.29) is 11.7 Å². The van der Waals surface area contributed by atoms with Crippen molar-refractivity contribution in [3.8, 4) is 5.75 Å². The Kier molecular flexibility index (Phi) is 5.21. The van der Waals surface area contributed by atoms with Gasteiger partial charge in [-0.25, -0.2) is 4.79 Å². The van der Waals surface area contributed by atoms with E-state index in [1.54, 1.807) is 42.5 Å². The Balaban J connectivity index is 1.64. The Morgan fingerprint density at radius 1 is 0.960 bits per heavy atom. The molecule has 0 bridgehead atoms. The molecule has 0 fully saturated rings. The quantitative estimate of drug-likeness (QED) is 0.467. The average molecular weight is 421 g/mol. The van der Waals surface area contributed by atoms with Crippen LogP contribution in [0.15, 0.2) is 69.8 Å². The lowest BCUT2D eigenvalue weighted by Gasteiger charge is -2.06. The minimum atomic E-state index is -0.621. The third-order valence-corrected chi connectivity index (χ3v) is 3.88. The Hall–Kier alpha value is -2.57. The van der Waals surface area contributed by atoms with Crippen LogP contribution in [-0.4, -0.2) is 11.9 Å². The van der Waals surface area contributed by atoms with E-state index >= 15 is 0 Å². The molecule has 25 heavy (non-hydrogen) atoms. The van der Waals surface area contributed by atoms with Crippen molar-refractivity contribution in [2.45, 2.75) is 0 Å². The fourth-order valence-corrected chi connectivity index (χ4v) is 2.42. The minimum Gasteiger partial charge on any atom is -0.442 e. The lowest BCUT2D eigenvalue weighted by molar-refractivity contribution is 0.0700. The van der Waals surface area contributed by atoms with Crippen molar-refractivity contribution in [3.63, 3.8) is 0 Å². The van der Waals surface area contributed by atoms with Crippen molar-refractivity contribution in [1.29, 1.82) is 0 Å². The molecule has 0 spiro atoms. The number of carbonyl (C=O) groups excluding carboxylic acids is 2. The molecule has 7 heteroatoms. The average Bonchev–Trinajstić information content (AvgIpc) is 3.04. The van der Waals surface area contributed by atoms with Gasteiger partial charge in [-0.1, -0.05) is 11.6 Å². The first-order valence-electron chi connectivity index (χ1n) is 7.16. The van der Waals surface area contributed by atoms with Gasteiger partial charge in [0.2, 0.25) is 5.76 Å². The molecule has 3 rings (SSSR count). The number of hydrogen-bond donors (Lipinski definition) is 1. The highest BCUT2D eigenvalue weighted by Gasteiger charge is 2.13. The van der Waals surface area contributed by atoms with Gasteiger partial charge in [0.25, 0.3) is 5.91 Å². The van der Waals surface area contributed by atoms with Crippen LogP contribution in [0.2, 0.25) is 5.02 Å². The number of anilines is 1. The lowest BCUT2D eigenvalue weighted by atomic mass is 10.2. The number of rotatable bonds is 4.